The fourth-order valence-electron chi connectivity index (χ4n) is 3.02. The Kier molecular flexibility index (Phi) is 4.16. The first-order chi connectivity index (χ1) is 11.0. The lowest BCUT2D eigenvalue weighted by molar-refractivity contribution is -0.140. The van der Waals surface area contributed by atoms with Gasteiger partial charge in [-0.1, -0.05) is 5.16 Å². The molecule has 3 rings (SSSR count). The van der Waals surface area contributed by atoms with E-state index in [0.29, 0.717) is 31.3 Å². The summed E-state index contributed by atoms with van der Waals surface area (Å²) < 4.78 is 10.9. The number of hydrogen-bond acceptors (Lipinski definition) is 6. The van der Waals surface area contributed by atoms with Crippen molar-refractivity contribution in [1.82, 2.24) is 25.2 Å². The molecule has 1 N–H and O–H groups in total. The van der Waals surface area contributed by atoms with Crippen LogP contribution in [0.15, 0.2) is 4.52 Å². The molecule has 3 heterocycles. The summed E-state index contributed by atoms with van der Waals surface area (Å²) in [7, 11) is 0. The molecule has 0 spiro atoms. The highest BCUT2D eigenvalue weighted by Crippen LogP contribution is 2.27. The second-order valence-electron chi connectivity index (χ2n) is 5.88. The maximum absolute atomic E-state index is 12.8. The molecule has 23 heavy (non-hydrogen) atoms. The summed E-state index contributed by atoms with van der Waals surface area (Å²) >= 11 is 0. The van der Waals surface area contributed by atoms with Gasteiger partial charge in [-0.15, -0.1) is 0 Å². The molecule has 8 nitrogen and oxygen atoms in total. The van der Waals surface area contributed by atoms with Crippen molar-refractivity contribution >= 4 is 5.91 Å². The summed E-state index contributed by atoms with van der Waals surface area (Å²) in [5.74, 6) is 1.76. The summed E-state index contributed by atoms with van der Waals surface area (Å²) in [5.41, 5.74) is 1.63. The van der Waals surface area contributed by atoms with Crippen LogP contribution in [-0.4, -0.2) is 50.8 Å². The monoisotopic (exact) mass is 319 g/mol. The average Bonchev–Trinajstić information content (AvgIpc) is 3.12. The van der Waals surface area contributed by atoms with Crippen LogP contribution in [0.3, 0.4) is 0 Å². The molecule has 0 aliphatic carbocycles. The van der Waals surface area contributed by atoms with Crippen LogP contribution in [0.25, 0.3) is 0 Å². The van der Waals surface area contributed by atoms with Crippen molar-refractivity contribution in [3.05, 3.63) is 28.7 Å². The largest absolute Gasteiger partial charge is 0.366 e. The van der Waals surface area contributed by atoms with Gasteiger partial charge in [0.1, 0.15) is 17.7 Å². The van der Waals surface area contributed by atoms with Crippen LogP contribution in [0.2, 0.25) is 0 Å². The predicted molar refractivity (Wildman–Crippen MR) is 80.8 cm³/mol. The first-order valence-corrected chi connectivity index (χ1v) is 7.69. The summed E-state index contributed by atoms with van der Waals surface area (Å²) in [6.07, 6.45) is -0.297. The van der Waals surface area contributed by atoms with Gasteiger partial charge in [0.2, 0.25) is 5.91 Å². The minimum Gasteiger partial charge on any atom is -0.366 e. The van der Waals surface area contributed by atoms with Gasteiger partial charge < -0.3 is 14.2 Å². The lowest BCUT2D eigenvalue weighted by Gasteiger charge is -2.33. The SMILES string of the molecule is Cc1nc([C@@H]2CN(C(=O)[C@H](C)c3c(C)noc3C)CCO2)n[nH]1. The van der Waals surface area contributed by atoms with E-state index in [1.165, 1.54) is 0 Å². The third-order valence-electron chi connectivity index (χ3n) is 4.17. The number of H-pyrrole nitrogens is 1. The molecular weight excluding hydrogens is 298 g/mol. The van der Waals surface area contributed by atoms with Crippen LogP contribution < -0.4 is 0 Å². The maximum Gasteiger partial charge on any atom is 0.230 e. The van der Waals surface area contributed by atoms with E-state index in [-0.39, 0.29) is 17.9 Å². The first kappa shape index (κ1) is 15.7. The number of nitrogens with one attached hydrogen (secondary N) is 1. The second kappa shape index (κ2) is 6.11. The van der Waals surface area contributed by atoms with E-state index in [1.54, 1.807) is 4.90 Å². The highest BCUT2D eigenvalue weighted by molar-refractivity contribution is 5.84. The number of ether oxygens (including phenoxy) is 1. The van der Waals surface area contributed by atoms with Crippen LogP contribution in [0.4, 0.5) is 0 Å². The standard InChI is InChI=1S/C15H21N5O3/c1-8(13-9(2)19-23-10(13)3)15(21)20-5-6-22-12(7-20)14-16-11(4)17-18-14/h8,12H,5-7H2,1-4H3,(H,16,17,18)/t8-,12+/m1/s1. The molecule has 1 saturated heterocycles. The van der Waals surface area contributed by atoms with Crippen LogP contribution in [0.5, 0.6) is 0 Å². The van der Waals surface area contributed by atoms with E-state index in [9.17, 15) is 4.79 Å². The van der Waals surface area contributed by atoms with E-state index in [2.05, 4.69) is 20.3 Å². The van der Waals surface area contributed by atoms with Crippen LogP contribution in [0.1, 0.15) is 47.6 Å². The molecular formula is C15H21N5O3. The van der Waals surface area contributed by atoms with E-state index in [4.69, 9.17) is 9.26 Å². The van der Waals surface area contributed by atoms with E-state index in [1.807, 2.05) is 27.7 Å². The smallest absolute Gasteiger partial charge is 0.230 e. The summed E-state index contributed by atoms with van der Waals surface area (Å²) in [6, 6.07) is 0. The summed E-state index contributed by atoms with van der Waals surface area (Å²) in [4.78, 5) is 18.9. The van der Waals surface area contributed by atoms with Gasteiger partial charge in [-0.2, -0.15) is 5.10 Å². The highest BCUT2D eigenvalue weighted by atomic mass is 16.5. The Bertz CT molecular complexity index is 688. The van der Waals surface area contributed by atoms with Gasteiger partial charge in [0.15, 0.2) is 5.82 Å². The van der Waals surface area contributed by atoms with E-state index >= 15 is 0 Å². The summed E-state index contributed by atoms with van der Waals surface area (Å²) in [6.45, 7) is 8.89. The molecule has 2 aromatic heterocycles. The Balaban J connectivity index is 1.74. The third-order valence-corrected chi connectivity index (χ3v) is 4.17. The number of nitrogens with zero attached hydrogens (tertiary/aromatic N) is 4. The lowest BCUT2D eigenvalue weighted by atomic mass is 9.97. The maximum atomic E-state index is 12.8. The van der Waals surface area contributed by atoms with Crippen LogP contribution in [-0.2, 0) is 9.53 Å². The Hall–Kier alpha value is -2.22. The molecule has 0 unspecified atom stereocenters. The minimum atomic E-state index is -0.297. The number of amides is 1. The average molecular weight is 319 g/mol. The summed E-state index contributed by atoms with van der Waals surface area (Å²) in [5, 5.41) is 10.9. The first-order valence-electron chi connectivity index (χ1n) is 7.69. The Morgan fingerprint density at radius 1 is 1.39 bits per heavy atom. The molecule has 1 amide bonds. The normalized spacial score (nSPS) is 19.8. The number of hydrogen-bond donors (Lipinski definition) is 1. The number of aromatic nitrogens is 4. The zero-order chi connectivity index (χ0) is 16.6. The molecule has 2 aromatic rings. The number of rotatable bonds is 3. The van der Waals surface area contributed by atoms with Gasteiger partial charge in [-0.05, 0) is 27.7 Å². The fraction of sp³-hybridized carbons (Fsp3) is 0.600. The zero-order valence-electron chi connectivity index (χ0n) is 13.8. The van der Waals surface area contributed by atoms with Gasteiger partial charge >= 0.3 is 0 Å². The quantitative estimate of drug-likeness (QED) is 0.919. The topological polar surface area (TPSA) is 97.1 Å². The molecule has 0 radical (unpaired) electrons. The van der Waals surface area contributed by atoms with E-state index in [0.717, 1.165) is 17.1 Å². The van der Waals surface area contributed by atoms with Gasteiger partial charge in [0.05, 0.1) is 24.8 Å². The molecule has 1 aliphatic rings. The fourth-order valence-corrected chi connectivity index (χ4v) is 3.02. The van der Waals surface area contributed by atoms with Crippen molar-refractivity contribution in [3.63, 3.8) is 0 Å². The molecule has 8 heteroatoms. The van der Waals surface area contributed by atoms with Crippen molar-refractivity contribution in [1.29, 1.82) is 0 Å². The van der Waals surface area contributed by atoms with Crippen molar-refractivity contribution in [2.24, 2.45) is 0 Å². The molecule has 1 fully saturated rings. The number of carbonyl (C=O) groups is 1. The van der Waals surface area contributed by atoms with Crippen LogP contribution in [0, 0.1) is 20.8 Å². The molecule has 0 bridgehead atoms. The third kappa shape index (κ3) is 2.98. The predicted octanol–water partition coefficient (Wildman–Crippen LogP) is 1.42. The van der Waals surface area contributed by atoms with Crippen molar-refractivity contribution in [2.45, 2.75) is 39.7 Å². The lowest BCUT2D eigenvalue weighted by Crippen LogP contribution is -2.44. The van der Waals surface area contributed by atoms with Crippen LogP contribution >= 0.6 is 0 Å². The Morgan fingerprint density at radius 3 is 2.78 bits per heavy atom. The van der Waals surface area contributed by atoms with Gasteiger partial charge in [0, 0.05) is 12.1 Å². The number of morpholine rings is 1. The number of carbonyl (C=O) groups excluding carboxylic acids is 1. The number of aryl methyl sites for hydroxylation is 3. The molecule has 1 aliphatic heterocycles. The molecule has 124 valence electrons. The Labute approximate surface area is 134 Å². The zero-order valence-corrected chi connectivity index (χ0v) is 13.8. The van der Waals surface area contributed by atoms with Crippen molar-refractivity contribution < 1.29 is 14.1 Å². The van der Waals surface area contributed by atoms with Crippen molar-refractivity contribution in [2.75, 3.05) is 19.7 Å². The molecule has 0 aromatic carbocycles. The molecule has 2 atom stereocenters. The van der Waals surface area contributed by atoms with Gasteiger partial charge in [-0.3, -0.25) is 9.89 Å². The minimum absolute atomic E-state index is 0.0416. The highest BCUT2D eigenvalue weighted by Gasteiger charge is 2.32. The second-order valence-corrected chi connectivity index (χ2v) is 5.88. The van der Waals surface area contributed by atoms with Gasteiger partial charge in [-0.25, -0.2) is 4.98 Å². The van der Waals surface area contributed by atoms with Gasteiger partial charge in [0.25, 0.3) is 0 Å². The Morgan fingerprint density at radius 2 is 2.17 bits per heavy atom. The van der Waals surface area contributed by atoms with E-state index < -0.39 is 0 Å². The number of aromatic amines is 1. The molecule has 0 saturated carbocycles. The van der Waals surface area contributed by atoms with Crippen molar-refractivity contribution in [3.8, 4) is 0 Å².